The molecular weight excluding hydrogens is 458 g/mol. The van der Waals surface area contributed by atoms with Gasteiger partial charge in [-0.3, -0.25) is 4.79 Å². The van der Waals surface area contributed by atoms with Crippen molar-refractivity contribution in [3.8, 4) is 11.3 Å². The summed E-state index contributed by atoms with van der Waals surface area (Å²) in [5.41, 5.74) is 1.87. The fourth-order valence-corrected chi connectivity index (χ4v) is 4.41. The zero-order valence-corrected chi connectivity index (χ0v) is 19.2. The molecular formula is C19H22BrN5OS2. The van der Waals surface area contributed by atoms with Crippen LogP contribution in [-0.2, 0) is 11.3 Å². The second kappa shape index (κ2) is 9.67. The first-order chi connectivity index (χ1) is 13.5. The van der Waals surface area contributed by atoms with Crippen LogP contribution in [0.1, 0.15) is 38.9 Å². The van der Waals surface area contributed by atoms with Gasteiger partial charge in [-0.1, -0.05) is 60.6 Å². The molecule has 3 rings (SSSR count). The number of amides is 1. The highest BCUT2D eigenvalue weighted by atomic mass is 79.9. The third-order valence-corrected chi connectivity index (χ3v) is 6.19. The fourth-order valence-electron chi connectivity index (χ4n) is 2.64. The van der Waals surface area contributed by atoms with Crippen molar-refractivity contribution in [2.75, 3.05) is 11.1 Å². The van der Waals surface area contributed by atoms with Gasteiger partial charge in [-0.15, -0.1) is 21.5 Å². The molecule has 0 spiro atoms. The number of hydrogen-bond donors (Lipinski definition) is 1. The van der Waals surface area contributed by atoms with Crippen LogP contribution in [0.25, 0.3) is 11.3 Å². The number of thioether (sulfide) groups is 1. The van der Waals surface area contributed by atoms with Gasteiger partial charge in [0.25, 0.3) is 0 Å². The zero-order chi connectivity index (χ0) is 20.1. The van der Waals surface area contributed by atoms with E-state index >= 15 is 0 Å². The summed E-state index contributed by atoms with van der Waals surface area (Å²) < 4.78 is 3.13. The number of nitrogens with zero attached hydrogens (tertiary/aromatic N) is 4. The van der Waals surface area contributed by atoms with Gasteiger partial charge in [-0.05, 0) is 18.6 Å². The molecule has 0 unspecified atom stereocenters. The first-order valence-corrected chi connectivity index (χ1v) is 11.7. The van der Waals surface area contributed by atoms with Crippen LogP contribution in [0.5, 0.6) is 0 Å². The van der Waals surface area contributed by atoms with Crippen LogP contribution in [-0.4, -0.2) is 31.4 Å². The van der Waals surface area contributed by atoms with E-state index in [0.29, 0.717) is 11.0 Å². The Morgan fingerprint density at radius 2 is 2.04 bits per heavy atom. The normalized spacial score (nSPS) is 11.2. The van der Waals surface area contributed by atoms with E-state index in [-0.39, 0.29) is 11.7 Å². The van der Waals surface area contributed by atoms with Crippen molar-refractivity contribution in [3.05, 3.63) is 39.9 Å². The number of nitrogens with one attached hydrogen (secondary N) is 1. The Kier molecular flexibility index (Phi) is 7.25. The molecule has 0 bridgehead atoms. The van der Waals surface area contributed by atoms with Crippen LogP contribution in [0.3, 0.4) is 0 Å². The number of anilines is 1. The molecule has 6 nitrogen and oxygen atoms in total. The zero-order valence-electron chi connectivity index (χ0n) is 16.0. The molecule has 0 radical (unpaired) electrons. The molecule has 2 heterocycles. The summed E-state index contributed by atoms with van der Waals surface area (Å²) in [5.74, 6) is 1.44. The lowest BCUT2D eigenvalue weighted by molar-refractivity contribution is -0.113. The molecule has 0 fully saturated rings. The molecule has 2 aromatic heterocycles. The SMILES string of the molecule is CCCn1c(SCC(=O)Nc2nc(-c3ccc(Br)cc3)cs2)nnc1C(C)C. The Labute approximate surface area is 181 Å². The second-order valence-corrected chi connectivity index (χ2v) is 9.25. The summed E-state index contributed by atoms with van der Waals surface area (Å²) in [5, 5.41) is 14.8. The lowest BCUT2D eigenvalue weighted by Gasteiger charge is -2.10. The quantitative estimate of drug-likeness (QED) is 0.436. The number of benzene rings is 1. The minimum Gasteiger partial charge on any atom is -0.306 e. The van der Waals surface area contributed by atoms with Crippen molar-refractivity contribution >= 4 is 50.1 Å². The second-order valence-electron chi connectivity index (χ2n) is 6.53. The minimum absolute atomic E-state index is 0.0983. The average molecular weight is 480 g/mol. The lowest BCUT2D eigenvalue weighted by Crippen LogP contribution is -2.15. The molecule has 0 aliphatic carbocycles. The van der Waals surface area contributed by atoms with Gasteiger partial charge in [-0.25, -0.2) is 4.98 Å². The molecule has 0 saturated heterocycles. The van der Waals surface area contributed by atoms with E-state index in [1.54, 1.807) is 0 Å². The van der Waals surface area contributed by atoms with Gasteiger partial charge in [-0.2, -0.15) is 0 Å². The number of rotatable bonds is 8. The predicted molar refractivity (Wildman–Crippen MR) is 119 cm³/mol. The molecule has 28 heavy (non-hydrogen) atoms. The molecule has 1 aromatic carbocycles. The summed E-state index contributed by atoms with van der Waals surface area (Å²) in [6.07, 6.45) is 0.996. The summed E-state index contributed by atoms with van der Waals surface area (Å²) in [7, 11) is 0. The van der Waals surface area contributed by atoms with E-state index in [1.165, 1.54) is 23.1 Å². The van der Waals surface area contributed by atoms with E-state index in [0.717, 1.165) is 39.7 Å². The van der Waals surface area contributed by atoms with Gasteiger partial charge in [0.05, 0.1) is 11.4 Å². The number of aromatic nitrogens is 4. The van der Waals surface area contributed by atoms with Crippen molar-refractivity contribution in [1.29, 1.82) is 0 Å². The van der Waals surface area contributed by atoms with Gasteiger partial charge in [0.1, 0.15) is 5.82 Å². The summed E-state index contributed by atoms with van der Waals surface area (Å²) in [4.78, 5) is 16.9. The van der Waals surface area contributed by atoms with Gasteiger partial charge in [0.2, 0.25) is 5.91 Å². The molecule has 0 aliphatic heterocycles. The topological polar surface area (TPSA) is 72.7 Å². The maximum Gasteiger partial charge on any atom is 0.236 e. The average Bonchev–Trinajstić information content (AvgIpc) is 3.28. The first-order valence-electron chi connectivity index (χ1n) is 9.05. The maximum atomic E-state index is 12.4. The van der Waals surface area contributed by atoms with Gasteiger partial charge >= 0.3 is 0 Å². The van der Waals surface area contributed by atoms with E-state index in [1.807, 2.05) is 29.6 Å². The van der Waals surface area contributed by atoms with Crippen LogP contribution >= 0.6 is 39.0 Å². The largest absolute Gasteiger partial charge is 0.306 e. The van der Waals surface area contributed by atoms with Crippen molar-refractivity contribution in [2.45, 2.75) is 44.8 Å². The Hall–Kier alpha value is -1.71. The number of halogens is 1. The minimum atomic E-state index is -0.0983. The van der Waals surface area contributed by atoms with Crippen LogP contribution in [0, 0.1) is 0 Å². The Morgan fingerprint density at radius 1 is 1.29 bits per heavy atom. The fraction of sp³-hybridized carbons (Fsp3) is 0.368. The van der Waals surface area contributed by atoms with Crippen LogP contribution in [0.4, 0.5) is 5.13 Å². The molecule has 0 aliphatic rings. The molecule has 1 N–H and O–H groups in total. The van der Waals surface area contributed by atoms with Crippen molar-refractivity contribution in [2.24, 2.45) is 0 Å². The van der Waals surface area contributed by atoms with Crippen molar-refractivity contribution in [1.82, 2.24) is 19.7 Å². The molecule has 9 heteroatoms. The van der Waals surface area contributed by atoms with E-state index in [4.69, 9.17) is 0 Å². The summed E-state index contributed by atoms with van der Waals surface area (Å²) in [6.45, 7) is 7.18. The molecule has 3 aromatic rings. The Balaban J connectivity index is 1.60. The van der Waals surface area contributed by atoms with E-state index in [9.17, 15) is 4.79 Å². The van der Waals surface area contributed by atoms with Crippen molar-refractivity contribution < 1.29 is 4.79 Å². The smallest absolute Gasteiger partial charge is 0.236 e. The van der Waals surface area contributed by atoms with Gasteiger partial charge < -0.3 is 9.88 Å². The third kappa shape index (κ3) is 5.21. The highest BCUT2D eigenvalue weighted by Gasteiger charge is 2.16. The molecule has 0 saturated carbocycles. The van der Waals surface area contributed by atoms with E-state index < -0.39 is 0 Å². The molecule has 1 amide bonds. The Morgan fingerprint density at radius 3 is 2.71 bits per heavy atom. The number of carbonyl (C=O) groups excluding carboxylic acids is 1. The molecule has 0 atom stereocenters. The van der Waals surface area contributed by atoms with Crippen LogP contribution in [0.15, 0.2) is 39.3 Å². The standard InChI is InChI=1S/C19H22BrN5OS2/c1-4-9-25-17(12(2)3)23-24-19(25)28-11-16(26)22-18-21-15(10-27-18)13-5-7-14(20)8-6-13/h5-8,10,12H,4,9,11H2,1-3H3,(H,21,22,26). The highest BCUT2D eigenvalue weighted by molar-refractivity contribution is 9.10. The first kappa shape index (κ1) is 21.0. The maximum absolute atomic E-state index is 12.4. The molecule has 148 valence electrons. The van der Waals surface area contributed by atoms with Gasteiger partial charge in [0.15, 0.2) is 10.3 Å². The number of thiazole rings is 1. The third-order valence-electron chi connectivity index (χ3n) is 3.93. The summed E-state index contributed by atoms with van der Waals surface area (Å²) >= 11 is 6.26. The monoisotopic (exact) mass is 479 g/mol. The van der Waals surface area contributed by atoms with Gasteiger partial charge in [0, 0.05) is 27.9 Å². The predicted octanol–water partition coefficient (Wildman–Crippen LogP) is 5.43. The highest BCUT2D eigenvalue weighted by Crippen LogP contribution is 2.27. The lowest BCUT2D eigenvalue weighted by atomic mass is 10.2. The number of hydrogen-bond acceptors (Lipinski definition) is 6. The number of carbonyl (C=O) groups is 1. The van der Waals surface area contributed by atoms with Crippen LogP contribution in [0.2, 0.25) is 0 Å². The summed E-state index contributed by atoms with van der Waals surface area (Å²) in [6, 6.07) is 7.93. The Bertz CT molecular complexity index is 936. The van der Waals surface area contributed by atoms with Crippen molar-refractivity contribution in [3.63, 3.8) is 0 Å². The van der Waals surface area contributed by atoms with E-state index in [2.05, 4.69) is 61.8 Å². The van der Waals surface area contributed by atoms with Crippen LogP contribution < -0.4 is 5.32 Å².